The van der Waals surface area contributed by atoms with Crippen molar-refractivity contribution in [2.75, 3.05) is 13.1 Å². The van der Waals surface area contributed by atoms with E-state index in [0.717, 1.165) is 19.3 Å². The van der Waals surface area contributed by atoms with Crippen molar-refractivity contribution in [3.8, 4) is 0 Å². The largest absolute Gasteiger partial charge is 0.438 e. The number of amides is 1. The zero-order valence-electron chi connectivity index (χ0n) is 17.0. The Morgan fingerprint density at radius 3 is 2.58 bits per heavy atom. The molecular weight excluding hydrogens is 423 g/mol. The van der Waals surface area contributed by atoms with Gasteiger partial charge in [-0.2, -0.15) is 4.31 Å². The number of nitrogens with one attached hydrogen (secondary N) is 1. The normalized spacial score (nSPS) is 16.2. The highest BCUT2D eigenvalue weighted by Crippen LogP contribution is 2.25. The number of carbonyl (C=O) groups is 1. The molecule has 10 heteroatoms. The first kappa shape index (κ1) is 21.3. The third kappa shape index (κ3) is 4.26. The zero-order chi connectivity index (χ0) is 22.0. The summed E-state index contributed by atoms with van der Waals surface area (Å²) in [5.74, 6) is -0.919. The molecule has 0 aliphatic carbocycles. The van der Waals surface area contributed by atoms with E-state index in [2.05, 4.69) is 10.3 Å². The molecule has 1 amide bonds. The van der Waals surface area contributed by atoms with Crippen LogP contribution in [0.1, 0.15) is 47.2 Å². The van der Waals surface area contributed by atoms with Crippen molar-refractivity contribution in [1.29, 1.82) is 0 Å². The number of piperidine rings is 1. The third-order valence-corrected chi connectivity index (χ3v) is 7.10. The summed E-state index contributed by atoms with van der Waals surface area (Å²) in [6, 6.07) is 7.77. The number of imidazole rings is 1. The highest BCUT2D eigenvalue weighted by Gasteiger charge is 2.31. The van der Waals surface area contributed by atoms with Crippen LogP contribution in [0, 0.1) is 5.82 Å². The first-order valence-corrected chi connectivity index (χ1v) is 11.4. The molecule has 0 bridgehead atoms. The van der Waals surface area contributed by atoms with Crippen LogP contribution < -0.4 is 5.32 Å². The fourth-order valence-corrected chi connectivity index (χ4v) is 5.09. The standard InChI is InChI=1S/C21H23FN4O4S/c1-25-14-11-23-20(25)19(15-7-3-4-8-16(15)22)24-21(27)17-9-10-18(30-17)31(28,29)26-12-5-2-6-13-26/h3-4,7-11,14,19H,2,5-6,12-13H2,1H3,(H,24,27). The van der Waals surface area contributed by atoms with Crippen molar-refractivity contribution in [1.82, 2.24) is 19.2 Å². The summed E-state index contributed by atoms with van der Waals surface area (Å²) in [5.41, 5.74) is 0.234. The van der Waals surface area contributed by atoms with E-state index in [-0.39, 0.29) is 16.4 Å². The summed E-state index contributed by atoms with van der Waals surface area (Å²) in [5, 5.41) is 2.43. The van der Waals surface area contributed by atoms with Gasteiger partial charge < -0.3 is 14.3 Å². The van der Waals surface area contributed by atoms with E-state index in [1.54, 1.807) is 42.2 Å². The molecule has 3 aromatic rings. The summed E-state index contributed by atoms with van der Waals surface area (Å²) < 4.78 is 48.5. The minimum absolute atomic E-state index is 0.175. The molecule has 4 rings (SSSR count). The highest BCUT2D eigenvalue weighted by molar-refractivity contribution is 7.89. The van der Waals surface area contributed by atoms with Crippen LogP contribution in [-0.2, 0) is 17.1 Å². The Kier molecular flexibility index (Phi) is 5.92. The minimum atomic E-state index is -3.80. The van der Waals surface area contributed by atoms with Crippen LogP contribution in [0.25, 0.3) is 0 Å². The van der Waals surface area contributed by atoms with E-state index < -0.39 is 27.8 Å². The molecule has 1 aliphatic heterocycles. The van der Waals surface area contributed by atoms with Gasteiger partial charge in [0, 0.05) is 38.1 Å². The summed E-state index contributed by atoms with van der Waals surface area (Å²) in [6.45, 7) is 0.859. The molecule has 0 spiro atoms. The van der Waals surface area contributed by atoms with Gasteiger partial charge in [0.1, 0.15) is 17.7 Å². The van der Waals surface area contributed by atoms with Gasteiger partial charge >= 0.3 is 0 Å². The number of aromatic nitrogens is 2. The van der Waals surface area contributed by atoms with Crippen LogP contribution >= 0.6 is 0 Å². The smallest absolute Gasteiger partial charge is 0.287 e. The van der Waals surface area contributed by atoms with Crippen molar-refractivity contribution in [2.45, 2.75) is 30.4 Å². The average Bonchev–Trinajstić information content (AvgIpc) is 3.43. The SMILES string of the molecule is Cn1ccnc1C(NC(=O)c1ccc(S(=O)(=O)N2CCCCC2)o1)c1ccccc1F. The van der Waals surface area contributed by atoms with Gasteiger partial charge in [-0.3, -0.25) is 4.79 Å². The molecule has 1 saturated heterocycles. The average molecular weight is 447 g/mol. The predicted molar refractivity (Wildman–Crippen MR) is 110 cm³/mol. The van der Waals surface area contributed by atoms with Gasteiger partial charge in [0.15, 0.2) is 5.76 Å². The molecule has 1 atom stereocenters. The first-order valence-electron chi connectivity index (χ1n) is 10.0. The topological polar surface area (TPSA) is 97.4 Å². The second-order valence-electron chi connectivity index (χ2n) is 7.41. The summed E-state index contributed by atoms with van der Waals surface area (Å²) in [4.78, 5) is 17.1. The lowest BCUT2D eigenvalue weighted by molar-refractivity contribution is 0.0907. The van der Waals surface area contributed by atoms with Crippen molar-refractivity contribution in [3.05, 3.63) is 71.8 Å². The van der Waals surface area contributed by atoms with E-state index in [0.29, 0.717) is 18.9 Å². The fourth-order valence-electron chi connectivity index (χ4n) is 3.66. The monoisotopic (exact) mass is 446 g/mol. The molecule has 1 fully saturated rings. The lowest BCUT2D eigenvalue weighted by Gasteiger charge is -2.24. The minimum Gasteiger partial charge on any atom is -0.438 e. The van der Waals surface area contributed by atoms with Gasteiger partial charge in [-0.15, -0.1) is 0 Å². The van der Waals surface area contributed by atoms with Crippen molar-refractivity contribution < 1.29 is 22.0 Å². The molecule has 8 nitrogen and oxygen atoms in total. The van der Waals surface area contributed by atoms with Crippen LogP contribution in [0.2, 0.25) is 0 Å². The maximum absolute atomic E-state index is 14.5. The van der Waals surface area contributed by atoms with E-state index in [9.17, 15) is 17.6 Å². The zero-order valence-corrected chi connectivity index (χ0v) is 17.8. The number of rotatable bonds is 6. The Bertz CT molecular complexity index is 1180. The molecule has 1 N–H and O–H groups in total. The number of furan rings is 1. The number of nitrogens with zero attached hydrogens (tertiary/aromatic N) is 3. The van der Waals surface area contributed by atoms with Gasteiger partial charge in [-0.25, -0.2) is 17.8 Å². The number of halogens is 1. The van der Waals surface area contributed by atoms with Crippen molar-refractivity contribution in [2.24, 2.45) is 7.05 Å². The third-order valence-electron chi connectivity index (χ3n) is 5.32. The molecule has 1 aliphatic rings. The Balaban J connectivity index is 1.60. The lowest BCUT2D eigenvalue weighted by Crippen LogP contribution is -2.35. The second-order valence-corrected chi connectivity index (χ2v) is 9.28. The number of aryl methyl sites for hydroxylation is 1. The van der Waals surface area contributed by atoms with Gasteiger partial charge in [0.25, 0.3) is 15.9 Å². The fraction of sp³-hybridized carbons (Fsp3) is 0.333. The molecule has 0 saturated carbocycles. The Morgan fingerprint density at radius 2 is 1.90 bits per heavy atom. The van der Waals surface area contributed by atoms with Crippen LogP contribution in [0.3, 0.4) is 0 Å². The number of hydrogen-bond acceptors (Lipinski definition) is 5. The molecule has 1 unspecified atom stereocenters. The number of benzene rings is 1. The second kappa shape index (κ2) is 8.64. The van der Waals surface area contributed by atoms with Gasteiger partial charge in [-0.1, -0.05) is 24.6 Å². The summed E-state index contributed by atoms with van der Waals surface area (Å²) >= 11 is 0. The van der Waals surface area contributed by atoms with E-state index >= 15 is 0 Å². The maximum Gasteiger partial charge on any atom is 0.287 e. The van der Waals surface area contributed by atoms with Crippen LogP contribution in [0.15, 0.2) is 58.3 Å². The molecule has 0 radical (unpaired) electrons. The Labute approximate surface area is 179 Å². The number of sulfonamides is 1. The molecule has 164 valence electrons. The maximum atomic E-state index is 14.5. The van der Waals surface area contributed by atoms with Gasteiger partial charge in [0.2, 0.25) is 5.09 Å². The molecule has 1 aromatic carbocycles. The molecule has 31 heavy (non-hydrogen) atoms. The molecular formula is C21H23FN4O4S. The van der Waals surface area contributed by atoms with E-state index in [1.165, 1.54) is 22.5 Å². The summed E-state index contributed by atoms with van der Waals surface area (Å²) in [6.07, 6.45) is 5.81. The molecule has 2 aromatic heterocycles. The first-order chi connectivity index (χ1) is 14.9. The summed E-state index contributed by atoms with van der Waals surface area (Å²) in [7, 11) is -2.07. The van der Waals surface area contributed by atoms with Crippen molar-refractivity contribution >= 4 is 15.9 Å². The van der Waals surface area contributed by atoms with E-state index in [4.69, 9.17) is 4.42 Å². The molecule has 3 heterocycles. The lowest BCUT2D eigenvalue weighted by atomic mass is 10.1. The highest BCUT2D eigenvalue weighted by atomic mass is 32.2. The number of carbonyl (C=O) groups excluding carboxylic acids is 1. The number of hydrogen-bond donors (Lipinski definition) is 1. The van der Waals surface area contributed by atoms with Gasteiger partial charge in [-0.05, 0) is 31.0 Å². The van der Waals surface area contributed by atoms with E-state index in [1.807, 2.05) is 0 Å². The Morgan fingerprint density at radius 1 is 1.16 bits per heavy atom. The van der Waals surface area contributed by atoms with Crippen LogP contribution in [-0.4, -0.2) is 41.3 Å². The quantitative estimate of drug-likeness (QED) is 0.628. The van der Waals surface area contributed by atoms with Crippen molar-refractivity contribution in [3.63, 3.8) is 0 Å². The van der Waals surface area contributed by atoms with Gasteiger partial charge in [0.05, 0.1) is 0 Å². The predicted octanol–water partition coefficient (Wildman–Crippen LogP) is 2.85. The van der Waals surface area contributed by atoms with Crippen LogP contribution in [0.5, 0.6) is 0 Å². The Hall–Kier alpha value is -2.98. The van der Waals surface area contributed by atoms with Crippen LogP contribution in [0.4, 0.5) is 4.39 Å².